The Hall–Kier alpha value is -2.17. The second kappa shape index (κ2) is 7.31. The van der Waals surface area contributed by atoms with Gasteiger partial charge in [-0.3, -0.25) is 4.98 Å². The molecule has 0 saturated carbocycles. The topological polar surface area (TPSA) is 57.0 Å². The number of ether oxygens (including phenoxy) is 1. The van der Waals surface area contributed by atoms with E-state index in [2.05, 4.69) is 10.1 Å². The van der Waals surface area contributed by atoms with Crippen LogP contribution in [0.1, 0.15) is 37.0 Å². The van der Waals surface area contributed by atoms with Crippen LogP contribution in [0.4, 0.5) is 0 Å². The van der Waals surface area contributed by atoms with E-state index >= 15 is 0 Å². The summed E-state index contributed by atoms with van der Waals surface area (Å²) in [7, 11) is 0. The molecule has 0 atom stereocenters. The molecule has 0 aliphatic rings. The maximum Gasteiger partial charge on any atom is 0.357 e. The van der Waals surface area contributed by atoms with Crippen LogP contribution in [-0.4, -0.2) is 27.3 Å². The van der Waals surface area contributed by atoms with Gasteiger partial charge in [-0.15, -0.1) is 0 Å². The molecule has 0 radical (unpaired) electrons. The van der Waals surface area contributed by atoms with Gasteiger partial charge in [0, 0.05) is 12.4 Å². The predicted octanol–water partition coefficient (Wildman–Crippen LogP) is 2.78. The van der Waals surface area contributed by atoms with Crippen molar-refractivity contribution in [3.05, 3.63) is 42.0 Å². The highest BCUT2D eigenvalue weighted by Gasteiger charge is 2.15. The van der Waals surface area contributed by atoms with E-state index < -0.39 is 0 Å². The van der Waals surface area contributed by atoms with Crippen LogP contribution in [0.15, 0.2) is 30.6 Å². The molecule has 0 bridgehead atoms. The van der Waals surface area contributed by atoms with Crippen molar-refractivity contribution in [2.24, 2.45) is 0 Å². The molecule has 0 unspecified atom stereocenters. The standard InChI is InChI=1S/C12H13N3O2.C2H6/c1-3-17-12(16)11-8-9(2)14-15(11)10-4-6-13-7-5-10;1-2/h4-8H,3H2,1-2H3;1-2H3. The largest absolute Gasteiger partial charge is 0.461 e. The van der Waals surface area contributed by atoms with E-state index in [-0.39, 0.29) is 5.97 Å². The predicted molar refractivity (Wildman–Crippen MR) is 73.4 cm³/mol. The first kappa shape index (κ1) is 14.9. The molecular weight excluding hydrogens is 242 g/mol. The van der Waals surface area contributed by atoms with Crippen LogP contribution in [-0.2, 0) is 4.74 Å². The second-order valence-corrected chi connectivity index (χ2v) is 3.51. The molecule has 2 rings (SSSR count). The zero-order chi connectivity index (χ0) is 14.3. The SMILES string of the molecule is CC.CCOC(=O)c1cc(C)nn1-c1ccncc1. The Kier molecular flexibility index (Phi) is 5.73. The van der Waals surface area contributed by atoms with Gasteiger partial charge in [0.05, 0.1) is 18.0 Å². The van der Waals surface area contributed by atoms with Crippen LogP contribution in [0.5, 0.6) is 0 Å². The molecule has 0 fully saturated rings. The number of pyridine rings is 1. The Balaban J connectivity index is 0.000000861. The van der Waals surface area contributed by atoms with Crippen molar-refractivity contribution >= 4 is 5.97 Å². The minimum atomic E-state index is -0.370. The molecule has 102 valence electrons. The van der Waals surface area contributed by atoms with E-state index in [1.54, 1.807) is 42.2 Å². The van der Waals surface area contributed by atoms with E-state index in [1.165, 1.54) is 0 Å². The summed E-state index contributed by atoms with van der Waals surface area (Å²) in [5, 5.41) is 4.27. The number of hydrogen-bond acceptors (Lipinski definition) is 4. The highest BCUT2D eigenvalue weighted by Crippen LogP contribution is 2.12. The molecular formula is C14H19N3O2. The fourth-order valence-corrected chi connectivity index (χ4v) is 1.53. The summed E-state index contributed by atoms with van der Waals surface area (Å²) in [4.78, 5) is 15.7. The lowest BCUT2D eigenvalue weighted by molar-refractivity contribution is 0.0515. The number of carbonyl (C=O) groups is 1. The average molecular weight is 261 g/mol. The fraction of sp³-hybridized carbons (Fsp3) is 0.357. The summed E-state index contributed by atoms with van der Waals surface area (Å²) >= 11 is 0. The van der Waals surface area contributed by atoms with Gasteiger partial charge in [-0.2, -0.15) is 5.10 Å². The van der Waals surface area contributed by atoms with Gasteiger partial charge in [0.2, 0.25) is 0 Å². The van der Waals surface area contributed by atoms with Crippen molar-refractivity contribution in [3.63, 3.8) is 0 Å². The zero-order valence-electron chi connectivity index (χ0n) is 11.8. The molecule has 19 heavy (non-hydrogen) atoms. The molecule has 0 aliphatic heterocycles. The van der Waals surface area contributed by atoms with E-state index in [9.17, 15) is 4.79 Å². The summed E-state index contributed by atoms with van der Waals surface area (Å²) in [6, 6.07) is 5.28. The molecule has 0 aromatic carbocycles. The number of esters is 1. The molecule has 2 heterocycles. The first-order valence-electron chi connectivity index (χ1n) is 6.36. The highest BCUT2D eigenvalue weighted by molar-refractivity contribution is 5.88. The van der Waals surface area contributed by atoms with Crippen molar-refractivity contribution in [1.82, 2.24) is 14.8 Å². The maximum absolute atomic E-state index is 11.8. The molecule has 0 spiro atoms. The Morgan fingerprint density at radius 1 is 1.32 bits per heavy atom. The van der Waals surface area contributed by atoms with Crippen LogP contribution in [0.2, 0.25) is 0 Å². The Labute approximate surface area is 113 Å². The minimum Gasteiger partial charge on any atom is -0.461 e. The van der Waals surface area contributed by atoms with Crippen LogP contribution in [0.25, 0.3) is 5.69 Å². The monoisotopic (exact) mass is 261 g/mol. The van der Waals surface area contributed by atoms with Gasteiger partial charge < -0.3 is 4.74 Å². The molecule has 0 N–H and O–H groups in total. The van der Waals surface area contributed by atoms with Crippen molar-refractivity contribution in [2.45, 2.75) is 27.7 Å². The lowest BCUT2D eigenvalue weighted by Gasteiger charge is -2.05. The molecule has 5 nitrogen and oxygen atoms in total. The summed E-state index contributed by atoms with van der Waals surface area (Å²) in [5.74, 6) is -0.370. The van der Waals surface area contributed by atoms with Gasteiger partial charge in [-0.1, -0.05) is 13.8 Å². The van der Waals surface area contributed by atoms with Gasteiger partial charge in [-0.25, -0.2) is 9.48 Å². The van der Waals surface area contributed by atoms with Gasteiger partial charge in [0.1, 0.15) is 0 Å². The zero-order valence-corrected chi connectivity index (χ0v) is 11.8. The number of aryl methyl sites for hydroxylation is 1. The number of aromatic nitrogens is 3. The molecule has 0 aliphatic carbocycles. The third kappa shape index (κ3) is 3.64. The molecule has 2 aromatic rings. The summed E-state index contributed by atoms with van der Waals surface area (Å²) < 4.78 is 6.55. The van der Waals surface area contributed by atoms with Gasteiger partial charge in [-0.05, 0) is 32.0 Å². The van der Waals surface area contributed by atoms with Crippen LogP contribution in [0.3, 0.4) is 0 Å². The Morgan fingerprint density at radius 2 is 1.95 bits per heavy atom. The fourth-order valence-electron chi connectivity index (χ4n) is 1.53. The molecule has 5 heteroatoms. The van der Waals surface area contributed by atoms with E-state index in [0.717, 1.165) is 11.4 Å². The van der Waals surface area contributed by atoms with Crippen molar-refractivity contribution < 1.29 is 9.53 Å². The maximum atomic E-state index is 11.8. The molecule has 0 amide bonds. The third-order valence-electron chi connectivity index (χ3n) is 2.22. The van der Waals surface area contributed by atoms with E-state index in [4.69, 9.17) is 4.74 Å². The summed E-state index contributed by atoms with van der Waals surface area (Å²) in [6.07, 6.45) is 3.31. The van der Waals surface area contributed by atoms with Crippen LogP contribution < -0.4 is 0 Å². The molecule has 0 saturated heterocycles. The number of carbonyl (C=O) groups excluding carboxylic acids is 1. The van der Waals surface area contributed by atoms with Crippen LogP contribution >= 0.6 is 0 Å². The number of rotatable bonds is 3. The van der Waals surface area contributed by atoms with Crippen molar-refractivity contribution in [1.29, 1.82) is 0 Å². The lowest BCUT2D eigenvalue weighted by atomic mass is 10.3. The van der Waals surface area contributed by atoms with E-state index in [0.29, 0.717) is 12.3 Å². The summed E-state index contributed by atoms with van der Waals surface area (Å²) in [6.45, 7) is 7.96. The first-order chi connectivity index (χ1) is 9.22. The lowest BCUT2D eigenvalue weighted by Crippen LogP contribution is -2.11. The van der Waals surface area contributed by atoms with E-state index in [1.807, 2.05) is 20.8 Å². The van der Waals surface area contributed by atoms with Gasteiger partial charge in [0.15, 0.2) is 5.69 Å². The second-order valence-electron chi connectivity index (χ2n) is 3.51. The Morgan fingerprint density at radius 3 is 2.53 bits per heavy atom. The first-order valence-corrected chi connectivity index (χ1v) is 6.36. The van der Waals surface area contributed by atoms with Gasteiger partial charge in [0.25, 0.3) is 0 Å². The van der Waals surface area contributed by atoms with Crippen molar-refractivity contribution in [2.75, 3.05) is 6.61 Å². The summed E-state index contributed by atoms with van der Waals surface area (Å²) in [5.41, 5.74) is 1.98. The minimum absolute atomic E-state index is 0.347. The van der Waals surface area contributed by atoms with Gasteiger partial charge >= 0.3 is 5.97 Å². The highest BCUT2D eigenvalue weighted by atomic mass is 16.5. The normalized spacial score (nSPS) is 9.47. The average Bonchev–Trinajstić information content (AvgIpc) is 2.84. The number of nitrogens with zero attached hydrogens (tertiary/aromatic N) is 3. The van der Waals surface area contributed by atoms with Crippen LogP contribution in [0, 0.1) is 6.92 Å². The number of hydrogen-bond donors (Lipinski definition) is 0. The Bertz CT molecular complexity index is 521. The quantitative estimate of drug-likeness (QED) is 0.797. The molecule has 2 aromatic heterocycles. The smallest absolute Gasteiger partial charge is 0.357 e. The third-order valence-corrected chi connectivity index (χ3v) is 2.22. The van der Waals surface area contributed by atoms with Crippen molar-refractivity contribution in [3.8, 4) is 5.69 Å².